The van der Waals surface area contributed by atoms with Gasteiger partial charge in [-0.15, -0.1) is 0 Å². The molecule has 1 fully saturated rings. The third-order valence-corrected chi connectivity index (χ3v) is 4.43. The maximum atomic E-state index is 5.50. The highest BCUT2D eigenvalue weighted by molar-refractivity contribution is 5.93. The summed E-state index contributed by atoms with van der Waals surface area (Å²) in [6.45, 7) is 5.43. The van der Waals surface area contributed by atoms with E-state index < -0.39 is 0 Å². The van der Waals surface area contributed by atoms with E-state index in [1.54, 1.807) is 7.11 Å². The standard InChI is InChI=1S/C16H22N2O/c1-10-5-6-12(19-4)15-13(10)14(11(2)18-15)16(7-8-16)9-17-3/h5-6,17-18H,7-9H2,1-4H3. The molecule has 0 unspecified atom stereocenters. The first-order valence-electron chi connectivity index (χ1n) is 6.94. The number of fused-ring (bicyclic) bond motifs is 1. The summed E-state index contributed by atoms with van der Waals surface area (Å²) >= 11 is 0. The zero-order valence-electron chi connectivity index (χ0n) is 12.2. The van der Waals surface area contributed by atoms with Crippen LogP contribution in [0.15, 0.2) is 12.1 Å². The lowest BCUT2D eigenvalue weighted by molar-refractivity contribution is 0.419. The lowest BCUT2D eigenvalue weighted by Gasteiger charge is -2.16. The molecule has 2 N–H and O–H groups in total. The first kappa shape index (κ1) is 12.5. The Morgan fingerprint density at radius 1 is 1.32 bits per heavy atom. The first-order chi connectivity index (χ1) is 9.13. The molecule has 0 amide bonds. The maximum absolute atomic E-state index is 5.50. The molecule has 19 heavy (non-hydrogen) atoms. The van der Waals surface area contributed by atoms with Crippen molar-refractivity contribution in [1.29, 1.82) is 0 Å². The highest BCUT2D eigenvalue weighted by Crippen LogP contribution is 2.52. The molecular weight excluding hydrogens is 236 g/mol. The van der Waals surface area contributed by atoms with Crippen molar-refractivity contribution in [3.8, 4) is 5.75 Å². The highest BCUT2D eigenvalue weighted by Gasteiger charge is 2.46. The van der Waals surface area contributed by atoms with Crippen LogP contribution in [0, 0.1) is 13.8 Å². The molecule has 3 nitrogen and oxygen atoms in total. The minimum atomic E-state index is 0.328. The maximum Gasteiger partial charge on any atom is 0.142 e. The summed E-state index contributed by atoms with van der Waals surface area (Å²) in [5.74, 6) is 0.940. The Balaban J connectivity index is 2.28. The quantitative estimate of drug-likeness (QED) is 0.884. The average Bonchev–Trinajstić information content (AvgIpc) is 3.06. The van der Waals surface area contributed by atoms with Gasteiger partial charge in [0.05, 0.1) is 12.6 Å². The van der Waals surface area contributed by atoms with E-state index in [9.17, 15) is 0 Å². The summed E-state index contributed by atoms with van der Waals surface area (Å²) < 4.78 is 5.50. The van der Waals surface area contributed by atoms with Crippen LogP contribution < -0.4 is 10.1 Å². The van der Waals surface area contributed by atoms with Gasteiger partial charge in [0.2, 0.25) is 0 Å². The van der Waals surface area contributed by atoms with Crippen molar-refractivity contribution in [2.24, 2.45) is 0 Å². The van der Waals surface area contributed by atoms with Gasteiger partial charge >= 0.3 is 0 Å². The molecule has 1 saturated carbocycles. The number of methoxy groups -OCH3 is 1. The largest absolute Gasteiger partial charge is 0.495 e. The van der Waals surface area contributed by atoms with Gasteiger partial charge in [-0.05, 0) is 50.9 Å². The van der Waals surface area contributed by atoms with Gasteiger partial charge in [0, 0.05) is 23.0 Å². The fraction of sp³-hybridized carbons (Fsp3) is 0.500. The van der Waals surface area contributed by atoms with E-state index in [0.717, 1.165) is 17.8 Å². The number of aromatic amines is 1. The third-order valence-electron chi connectivity index (χ3n) is 4.43. The van der Waals surface area contributed by atoms with Gasteiger partial charge in [0.25, 0.3) is 0 Å². The average molecular weight is 258 g/mol. The number of hydrogen-bond acceptors (Lipinski definition) is 2. The monoisotopic (exact) mass is 258 g/mol. The Bertz CT molecular complexity index is 623. The lowest BCUT2D eigenvalue weighted by Crippen LogP contribution is -2.24. The minimum absolute atomic E-state index is 0.328. The van der Waals surface area contributed by atoms with E-state index in [-0.39, 0.29) is 0 Å². The molecule has 0 radical (unpaired) electrons. The summed E-state index contributed by atoms with van der Waals surface area (Å²) in [4.78, 5) is 3.54. The lowest BCUT2D eigenvalue weighted by atomic mass is 9.91. The molecule has 0 bridgehead atoms. The van der Waals surface area contributed by atoms with Crippen LogP contribution in [0.1, 0.15) is 29.7 Å². The molecule has 1 aliphatic carbocycles. The molecule has 1 aromatic heterocycles. The Morgan fingerprint density at radius 2 is 2.05 bits per heavy atom. The van der Waals surface area contributed by atoms with E-state index in [2.05, 4.69) is 36.3 Å². The van der Waals surface area contributed by atoms with Crippen LogP contribution in [0.3, 0.4) is 0 Å². The van der Waals surface area contributed by atoms with Gasteiger partial charge in [0.1, 0.15) is 5.75 Å². The van der Waals surface area contributed by atoms with Crippen LogP contribution in [-0.4, -0.2) is 25.7 Å². The van der Waals surface area contributed by atoms with Gasteiger partial charge in [-0.1, -0.05) is 6.07 Å². The number of nitrogens with one attached hydrogen (secondary N) is 2. The predicted molar refractivity (Wildman–Crippen MR) is 79.2 cm³/mol. The number of ether oxygens (including phenoxy) is 1. The Kier molecular flexibility index (Phi) is 2.82. The Morgan fingerprint density at radius 3 is 2.63 bits per heavy atom. The summed E-state index contributed by atoms with van der Waals surface area (Å²) in [5.41, 5.74) is 5.59. The molecule has 2 aromatic rings. The minimum Gasteiger partial charge on any atom is -0.495 e. The number of aromatic nitrogens is 1. The second-order valence-electron chi connectivity index (χ2n) is 5.77. The molecule has 102 valence electrons. The number of likely N-dealkylation sites (N-methyl/N-ethyl adjacent to an activating group) is 1. The molecule has 1 aromatic carbocycles. The molecule has 0 saturated heterocycles. The van der Waals surface area contributed by atoms with Crippen LogP contribution >= 0.6 is 0 Å². The predicted octanol–water partition coefficient (Wildman–Crippen LogP) is 3.04. The van der Waals surface area contributed by atoms with Crippen molar-refractivity contribution in [2.45, 2.75) is 32.1 Å². The SMILES string of the molecule is CNCC1(c2c(C)[nH]c3c(OC)ccc(C)c23)CC1. The topological polar surface area (TPSA) is 37.0 Å². The fourth-order valence-electron chi connectivity index (χ4n) is 3.41. The van der Waals surface area contributed by atoms with Crippen molar-refractivity contribution < 1.29 is 4.74 Å². The summed E-state index contributed by atoms with van der Waals surface area (Å²) in [7, 11) is 3.78. The number of aryl methyl sites for hydroxylation is 2. The molecule has 0 aliphatic heterocycles. The zero-order valence-corrected chi connectivity index (χ0v) is 12.2. The van der Waals surface area contributed by atoms with Crippen molar-refractivity contribution in [3.05, 3.63) is 29.0 Å². The van der Waals surface area contributed by atoms with Crippen LogP contribution in [0.5, 0.6) is 5.75 Å². The smallest absolute Gasteiger partial charge is 0.142 e. The van der Waals surface area contributed by atoms with Gasteiger partial charge in [0.15, 0.2) is 0 Å². The van der Waals surface area contributed by atoms with E-state index in [1.165, 1.54) is 35.0 Å². The molecular formula is C16H22N2O. The Hall–Kier alpha value is -1.48. The highest BCUT2D eigenvalue weighted by atomic mass is 16.5. The normalized spacial score (nSPS) is 16.8. The van der Waals surface area contributed by atoms with E-state index in [1.807, 2.05) is 7.05 Å². The fourth-order valence-corrected chi connectivity index (χ4v) is 3.41. The number of rotatable bonds is 4. The van der Waals surface area contributed by atoms with Gasteiger partial charge < -0.3 is 15.0 Å². The van der Waals surface area contributed by atoms with Crippen LogP contribution in [0.25, 0.3) is 10.9 Å². The molecule has 0 atom stereocenters. The van der Waals surface area contributed by atoms with Gasteiger partial charge in [-0.2, -0.15) is 0 Å². The number of hydrogen-bond donors (Lipinski definition) is 2. The van der Waals surface area contributed by atoms with E-state index in [0.29, 0.717) is 5.41 Å². The summed E-state index contributed by atoms with van der Waals surface area (Å²) in [6.07, 6.45) is 2.55. The van der Waals surface area contributed by atoms with Crippen LogP contribution in [-0.2, 0) is 5.41 Å². The van der Waals surface area contributed by atoms with Crippen LogP contribution in [0.4, 0.5) is 0 Å². The number of H-pyrrole nitrogens is 1. The first-order valence-corrected chi connectivity index (χ1v) is 6.94. The van der Waals surface area contributed by atoms with Crippen LogP contribution in [0.2, 0.25) is 0 Å². The molecule has 0 spiro atoms. The molecule has 1 aliphatic rings. The van der Waals surface area contributed by atoms with E-state index >= 15 is 0 Å². The van der Waals surface area contributed by atoms with Crippen molar-refractivity contribution in [3.63, 3.8) is 0 Å². The molecule has 1 heterocycles. The second kappa shape index (κ2) is 4.27. The van der Waals surface area contributed by atoms with E-state index in [4.69, 9.17) is 4.74 Å². The molecule has 3 heteroatoms. The third kappa shape index (κ3) is 1.76. The van der Waals surface area contributed by atoms with Crippen molar-refractivity contribution >= 4 is 10.9 Å². The summed E-state index contributed by atoms with van der Waals surface area (Å²) in [5, 5.41) is 4.72. The van der Waals surface area contributed by atoms with Crippen molar-refractivity contribution in [1.82, 2.24) is 10.3 Å². The number of benzene rings is 1. The van der Waals surface area contributed by atoms with Gasteiger partial charge in [-0.3, -0.25) is 0 Å². The second-order valence-corrected chi connectivity index (χ2v) is 5.77. The Labute approximate surface area is 114 Å². The zero-order chi connectivity index (χ0) is 13.6. The van der Waals surface area contributed by atoms with Crippen molar-refractivity contribution in [2.75, 3.05) is 20.7 Å². The summed E-state index contributed by atoms with van der Waals surface area (Å²) in [6, 6.07) is 4.21. The van der Waals surface area contributed by atoms with Gasteiger partial charge in [-0.25, -0.2) is 0 Å². The molecule has 3 rings (SSSR count).